The third-order valence-electron chi connectivity index (χ3n) is 4.81. The van der Waals surface area contributed by atoms with E-state index in [0.717, 1.165) is 19.3 Å². The molecule has 1 saturated heterocycles. The first-order valence-electron chi connectivity index (χ1n) is 9.37. The number of halogens is 1. The van der Waals surface area contributed by atoms with Crippen LogP contribution in [0, 0.1) is 0 Å². The number of carbonyl (C=O) groups excluding carboxylic acids is 3. The van der Waals surface area contributed by atoms with Gasteiger partial charge >= 0.3 is 5.97 Å². The van der Waals surface area contributed by atoms with Gasteiger partial charge in [0, 0.05) is 12.5 Å². The zero-order chi connectivity index (χ0) is 21.1. The second-order valence-corrected chi connectivity index (χ2v) is 7.25. The molecule has 2 heterocycles. The van der Waals surface area contributed by atoms with E-state index in [9.17, 15) is 14.4 Å². The summed E-state index contributed by atoms with van der Waals surface area (Å²) in [6.45, 7) is 4.06. The number of guanidine groups is 1. The highest BCUT2D eigenvalue weighted by atomic mass is 35.5. The first-order chi connectivity index (χ1) is 13.8. The first-order valence-corrected chi connectivity index (χ1v) is 9.74. The van der Waals surface area contributed by atoms with Crippen molar-refractivity contribution in [2.24, 2.45) is 10.7 Å². The normalized spacial score (nSPS) is 19.8. The van der Waals surface area contributed by atoms with Gasteiger partial charge in [-0.3, -0.25) is 19.7 Å². The van der Waals surface area contributed by atoms with E-state index in [1.54, 1.807) is 12.1 Å². The van der Waals surface area contributed by atoms with Gasteiger partial charge in [-0.2, -0.15) is 0 Å². The predicted octanol–water partition coefficient (Wildman–Crippen LogP) is 1.80. The summed E-state index contributed by atoms with van der Waals surface area (Å²) in [7, 11) is 0. The van der Waals surface area contributed by atoms with Gasteiger partial charge in [0.15, 0.2) is 6.04 Å². The fourth-order valence-corrected chi connectivity index (χ4v) is 3.82. The fourth-order valence-electron chi connectivity index (χ4n) is 3.45. The number of aliphatic imine (C=N–C) groups is 1. The third kappa shape index (κ3) is 4.29. The zero-order valence-electron chi connectivity index (χ0n) is 16.2. The van der Waals surface area contributed by atoms with Crippen molar-refractivity contribution in [1.29, 1.82) is 0 Å². The van der Waals surface area contributed by atoms with Crippen LogP contribution >= 0.6 is 11.6 Å². The molecule has 1 fully saturated rings. The van der Waals surface area contributed by atoms with E-state index < -0.39 is 23.9 Å². The summed E-state index contributed by atoms with van der Waals surface area (Å²) in [6, 6.07) is 1.97. The Morgan fingerprint density at radius 3 is 2.69 bits per heavy atom. The Morgan fingerprint density at radius 2 is 2.00 bits per heavy atom. The number of primary amides is 1. The Hall–Kier alpha value is -2.81. The topological polar surface area (TPSA) is 123 Å². The Morgan fingerprint density at radius 1 is 1.28 bits per heavy atom. The largest absolute Gasteiger partial charge is 0.492 e. The number of ether oxygens (including phenoxy) is 2. The van der Waals surface area contributed by atoms with Crippen molar-refractivity contribution in [2.75, 3.05) is 13.2 Å². The van der Waals surface area contributed by atoms with Crippen LogP contribution in [0.1, 0.15) is 44.7 Å². The molecule has 3 N–H and O–H groups in total. The number of hydrogen-bond donors (Lipinski definition) is 2. The van der Waals surface area contributed by atoms with Gasteiger partial charge in [-0.1, -0.05) is 11.6 Å². The second-order valence-electron chi connectivity index (χ2n) is 6.87. The van der Waals surface area contributed by atoms with Crippen LogP contribution in [-0.4, -0.2) is 47.9 Å². The summed E-state index contributed by atoms with van der Waals surface area (Å²) >= 11 is 6.57. The average molecular weight is 423 g/mol. The Balaban J connectivity index is 1.67. The standard InChI is InChI=1S/C19H23ClN4O5/c1-10-14-12(22-19-23-18(27)16(17(21)26)24(10)19)6-7-13(15(14)20)29-9-5-3-4-8-28-11(2)25/h6-7,10,16H,3-5,8-9H2,1-2H3,(H2,21,26)(H,22,23,27). The molecule has 9 nitrogen and oxygen atoms in total. The molecule has 1 aromatic carbocycles. The molecule has 156 valence electrons. The van der Waals surface area contributed by atoms with Crippen LogP contribution in [0.15, 0.2) is 17.1 Å². The van der Waals surface area contributed by atoms with Crippen molar-refractivity contribution in [3.05, 3.63) is 22.7 Å². The molecule has 0 aliphatic carbocycles. The highest BCUT2D eigenvalue weighted by Crippen LogP contribution is 2.44. The van der Waals surface area contributed by atoms with Crippen molar-refractivity contribution in [3.8, 4) is 5.75 Å². The summed E-state index contributed by atoms with van der Waals surface area (Å²) in [5.74, 6) is -0.741. The van der Waals surface area contributed by atoms with Crippen molar-refractivity contribution >= 4 is 41.0 Å². The van der Waals surface area contributed by atoms with Gasteiger partial charge in [0.05, 0.1) is 30.0 Å². The second kappa shape index (κ2) is 8.69. The minimum Gasteiger partial charge on any atom is -0.492 e. The molecule has 2 unspecified atom stereocenters. The van der Waals surface area contributed by atoms with Crippen molar-refractivity contribution in [3.63, 3.8) is 0 Å². The van der Waals surface area contributed by atoms with E-state index in [4.69, 9.17) is 26.8 Å². The number of nitrogens with one attached hydrogen (secondary N) is 1. The Bertz CT molecular complexity index is 872. The molecule has 2 atom stereocenters. The number of benzene rings is 1. The lowest BCUT2D eigenvalue weighted by atomic mass is 10.0. The van der Waals surface area contributed by atoms with Crippen LogP contribution in [0.5, 0.6) is 5.75 Å². The van der Waals surface area contributed by atoms with E-state index in [0.29, 0.717) is 35.2 Å². The minimum atomic E-state index is -1.13. The van der Waals surface area contributed by atoms with Gasteiger partial charge in [-0.15, -0.1) is 0 Å². The van der Waals surface area contributed by atoms with E-state index >= 15 is 0 Å². The summed E-state index contributed by atoms with van der Waals surface area (Å²) in [5.41, 5.74) is 6.67. The lowest BCUT2D eigenvalue weighted by Crippen LogP contribution is -2.47. The molecule has 3 rings (SSSR count). The maximum atomic E-state index is 12.1. The van der Waals surface area contributed by atoms with Gasteiger partial charge < -0.3 is 20.1 Å². The average Bonchev–Trinajstić information content (AvgIpc) is 2.98. The number of esters is 1. The lowest BCUT2D eigenvalue weighted by molar-refractivity contribution is -0.141. The number of amides is 2. The van der Waals surface area contributed by atoms with Crippen molar-refractivity contribution in [1.82, 2.24) is 10.2 Å². The molecule has 10 heteroatoms. The van der Waals surface area contributed by atoms with Gasteiger partial charge in [-0.05, 0) is 38.3 Å². The number of hydrogen-bond acceptors (Lipinski definition) is 7. The van der Waals surface area contributed by atoms with Crippen LogP contribution in [-0.2, 0) is 19.1 Å². The maximum absolute atomic E-state index is 12.1. The molecule has 2 aliphatic heterocycles. The number of nitrogens with two attached hydrogens (primary N) is 1. The number of rotatable bonds is 8. The molecular weight excluding hydrogens is 400 g/mol. The smallest absolute Gasteiger partial charge is 0.302 e. The van der Waals surface area contributed by atoms with Crippen LogP contribution < -0.4 is 15.8 Å². The summed E-state index contributed by atoms with van der Waals surface area (Å²) in [5, 5.41) is 2.98. The van der Waals surface area contributed by atoms with E-state index in [1.165, 1.54) is 11.8 Å². The molecule has 0 aromatic heterocycles. The molecule has 0 saturated carbocycles. The number of fused-ring (bicyclic) bond motifs is 2. The number of unbranched alkanes of at least 4 members (excludes halogenated alkanes) is 2. The number of carbonyl (C=O) groups is 3. The molecule has 0 spiro atoms. The Labute approximate surface area is 173 Å². The first kappa shape index (κ1) is 20.9. The summed E-state index contributed by atoms with van der Waals surface area (Å²) < 4.78 is 10.7. The molecular formula is C19H23ClN4O5. The van der Waals surface area contributed by atoms with Crippen LogP contribution in [0.3, 0.4) is 0 Å². The van der Waals surface area contributed by atoms with Gasteiger partial charge in [0.1, 0.15) is 5.75 Å². The summed E-state index contributed by atoms with van der Waals surface area (Å²) in [6.07, 6.45) is 2.39. The molecule has 2 aliphatic rings. The molecule has 29 heavy (non-hydrogen) atoms. The third-order valence-corrected chi connectivity index (χ3v) is 5.20. The highest BCUT2D eigenvalue weighted by molar-refractivity contribution is 6.33. The molecule has 0 radical (unpaired) electrons. The monoisotopic (exact) mass is 422 g/mol. The van der Waals surface area contributed by atoms with E-state index in [-0.39, 0.29) is 11.9 Å². The van der Waals surface area contributed by atoms with Gasteiger partial charge in [0.25, 0.3) is 5.91 Å². The van der Waals surface area contributed by atoms with Crippen molar-refractivity contribution < 1.29 is 23.9 Å². The van der Waals surface area contributed by atoms with Crippen molar-refractivity contribution in [2.45, 2.75) is 45.2 Å². The highest BCUT2D eigenvalue weighted by Gasteiger charge is 2.46. The van der Waals surface area contributed by atoms with Gasteiger partial charge in [-0.25, -0.2) is 4.99 Å². The zero-order valence-corrected chi connectivity index (χ0v) is 17.0. The molecule has 1 aromatic rings. The van der Waals surface area contributed by atoms with E-state index in [2.05, 4.69) is 10.3 Å². The van der Waals surface area contributed by atoms with E-state index in [1.807, 2.05) is 6.92 Å². The van der Waals surface area contributed by atoms with Crippen LogP contribution in [0.25, 0.3) is 0 Å². The summed E-state index contributed by atoms with van der Waals surface area (Å²) in [4.78, 5) is 40.5. The predicted molar refractivity (Wildman–Crippen MR) is 106 cm³/mol. The minimum absolute atomic E-state index is 0.282. The quantitative estimate of drug-likeness (QED) is 0.374. The number of nitrogens with zero attached hydrogens (tertiary/aromatic N) is 2. The molecule has 0 bridgehead atoms. The lowest BCUT2D eigenvalue weighted by Gasteiger charge is -2.33. The van der Waals surface area contributed by atoms with Crippen LogP contribution in [0.4, 0.5) is 5.69 Å². The molecule has 2 amide bonds. The van der Waals surface area contributed by atoms with Gasteiger partial charge in [0.2, 0.25) is 11.9 Å². The maximum Gasteiger partial charge on any atom is 0.302 e. The Kier molecular flexibility index (Phi) is 6.26. The van der Waals surface area contributed by atoms with Crippen LogP contribution in [0.2, 0.25) is 5.02 Å². The fraction of sp³-hybridized carbons (Fsp3) is 0.474. The SMILES string of the molecule is CC(=O)OCCCCCOc1ccc2c(c1Cl)C(C)N1C(=N2)NC(=O)C1C(N)=O.